The zero-order valence-corrected chi connectivity index (χ0v) is 14.3. The molecule has 0 radical (unpaired) electrons. The Morgan fingerprint density at radius 3 is 2.45 bits per heavy atom. The van der Waals surface area contributed by atoms with Gasteiger partial charge in [-0.15, -0.1) is 0 Å². The summed E-state index contributed by atoms with van der Waals surface area (Å²) in [6.07, 6.45) is 2.28. The molecule has 1 aromatic carbocycles. The van der Waals surface area contributed by atoms with Gasteiger partial charge in [0.1, 0.15) is 0 Å². The molecule has 0 bridgehead atoms. The Balaban J connectivity index is 2.31. The van der Waals surface area contributed by atoms with Gasteiger partial charge < -0.3 is 15.5 Å². The molecule has 22 heavy (non-hydrogen) atoms. The number of hydrogen-bond donors (Lipinski definition) is 2. The van der Waals surface area contributed by atoms with E-state index in [1.807, 2.05) is 7.05 Å². The number of amides is 1. The van der Waals surface area contributed by atoms with Crippen molar-refractivity contribution in [2.24, 2.45) is 4.99 Å². The third kappa shape index (κ3) is 6.35. The van der Waals surface area contributed by atoms with Crippen molar-refractivity contribution in [2.75, 3.05) is 33.7 Å². The minimum atomic E-state index is -0.104. The van der Waals surface area contributed by atoms with Gasteiger partial charge in [0.15, 0.2) is 5.96 Å². The van der Waals surface area contributed by atoms with E-state index >= 15 is 0 Å². The summed E-state index contributed by atoms with van der Waals surface area (Å²) in [6.45, 7) is 4.29. The molecule has 5 nitrogen and oxygen atoms in total. The van der Waals surface area contributed by atoms with Crippen LogP contribution in [0.2, 0.25) is 5.02 Å². The summed E-state index contributed by atoms with van der Waals surface area (Å²) in [4.78, 5) is 18.2. The topological polar surface area (TPSA) is 56.7 Å². The lowest BCUT2D eigenvalue weighted by Gasteiger charge is -2.21. The second-order valence-electron chi connectivity index (χ2n) is 5.01. The third-order valence-electron chi connectivity index (χ3n) is 3.22. The molecule has 6 heteroatoms. The molecular formula is C16H25ClN4O. The van der Waals surface area contributed by atoms with Gasteiger partial charge in [-0.3, -0.25) is 9.79 Å². The second kappa shape index (κ2) is 10.1. The third-order valence-corrected chi connectivity index (χ3v) is 3.47. The standard InChI is InChI=1S/C16H25ClN4O/c1-4-5-12-21(3)16(18-2)20-11-10-19-15(22)13-6-8-14(17)9-7-13/h6-9H,4-5,10-12H2,1-3H3,(H,18,20)(H,19,22). The molecule has 0 aliphatic rings. The molecule has 0 unspecified atom stereocenters. The molecule has 0 saturated heterocycles. The van der Waals surface area contributed by atoms with E-state index in [9.17, 15) is 4.79 Å². The minimum Gasteiger partial charge on any atom is -0.354 e. The normalized spacial score (nSPS) is 11.2. The van der Waals surface area contributed by atoms with Crippen LogP contribution in [-0.2, 0) is 0 Å². The fourth-order valence-electron chi connectivity index (χ4n) is 1.94. The van der Waals surface area contributed by atoms with Crippen molar-refractivity contribution in [3.8, 4) is 0 Å². The molecule has 0 fully saturated rings. The van der Waals surface area contributed by atoms with Crippen LogP contribution in [-0.4, -0.2) is 50.5 Å². The highest BCUT2D eigenvalue weighted by Gasteiger charge is 2.06. The van der Waals surface area contributed by atoms with Crippen LogP contribution in [0.3, 0.4) is 0 Å². The largest absolute Gasteiger partial charge is 0.354 e. The lowest BCUT2D eigenvalue weighted by molar-refractivity contribution is 0.0954. The maximum atomic E-state index is 11.9. The quantitative estimate of drug-likeness (QED) is 0.460. The average molecular weight is 325 g/mol. The first-order chi connectivity index (χ1) is 10.6. The van der Waals surface area contributed by atoms with Crippen molar-refractivity contribution >= 4 is 23.5 Å². The van der Waals surface area contributed by atoms with Gasteiger partial charge in [0.05, 0.1) is 0 Å². The first kappa shape index (κ1) is 18.3. The molecule has 2 N–H and O–H groups in total. The monoisotopic (exact) mass is 324 g/mol. The predicted molar refractivity (Wildman–Crippen MR) is 92.7 cm³/mol. The highest BCUT2D eigenvalue weighted by Crippen LogP contribution is 2.09. The molecule has 1 amide bonds. The number of carbonyl (C=O) groups is 1. The van der Waals surface area contributed by atoms with Crippen LogP contribution in [0.25, 0.3) is 0 Å². The highest BCUT2D eigenvalue weighted by atomic mass is 35.5. The molecule has 0 atom stereocenters. The maximum Gasteiger partial charge on any atom is 0.251 e. The molecule has 0 aliphatic heterocycles. The van der Waals surface area contributed by atoms with E-state index in [1.165, 1.54) is 0 Å². The molecular weight excluding hydrogens is 300 g/mol. The summed E-state index contributed by atoms with van der Waals surface area (Å²) in [5, 5.41) is 6.72. The zero-order chi connectivity index (χ0) is 16.4. The predicted octanol–water partition coefficient (Wildman–Crippen LogP) is 2.38. The SMILES string of the molecule is CCCCN(C)C(=NC)NCCNC(=O)c1ccc(Cl)cc1. The smallest absolute Gasteiger partial charge is 0.251 e. The summed E-state index contributed by atoms with van der Waals surface area (Å²) in [6, 6.07) is 6.84. The summed E-state index contributed by atoms with van der Waals surface area (Å²) in [5.74, 6) is 0.738. The van der Waals surface area contributed by atoms with E-state index in [1.54, 1.807) is 31.3 Å². The van der Waals surface area contributed by atoms with Crippen LogP contribution in [0.15, 0.2) is 29.3 Å². The number of unbranched alkanes of at least 4 members (excludes halogenated alkanes) is 1. The van der Waals surface area contributed by atoms with Crippen LogP contribution < -0.4 is 10.6 Å². The fraction of sp³-hybridized carbons (Fsp3) is 0.500. The number of nitrogens with zero attached hydrogens (tertiary/aromatic N) is 2. The van der Waals surface area contributed by atoms with Crippen LogP contribution >= 0.6 is 11.6 Å². The molecule has 0 aromatic heterocycles. The number of halogens is 1. The lowest BCUT2D eigenvalue weighted by atomic mass is 10.2. The fourth-order valence-corrected chi connectivity index (χ4v) is 2.07. The van der Waals surface area contributed by atoms with E-state index < -0.39 is 0 Å². The number of carbonyl (C=O) groups excluding carboxylic acids is 1. The van der Waals surface area contributed by atoms with E-state index in [2.05, 4.69) is 27.4 Å². The van der Waals surface area contributed by atoms with Gasteiger partial charge in [0.2, 0.25) is 0 Å². The Bertz CT molecular complexity index is 487. The molecule has 0 aliphatic carbocycles. The molecule has 122 valence electrons. The van der Waals surface area contributed by atoms with Gasteiger partial charge in [-0.25, -0.2) is 0 Å². The number of rotatable bonds is 7. The Morgan fingerprint density at radius 2 is 1.86 bits per heavy atom. The molecule has 0 saturated carbocycles. The lowest BCUT2D eigenvalue weighted by Crippen LogP contribution is -2.42. The number of benzene rings is 1. The number of aliphatic imine (C=N–C) groups is 1. The molecule has 0 spiro atoms. The highest BCUT2D eigenvalue weighted by molar-refractivity contribution is 6.30. The van der Waals surface area contributed by atoms with Crippen molar-refractivity contribution in [1.29, 1.82) is 0 Å². The first-order valence-corrected chi connectivity index (χ1v) is 7.91. The second-order valence-corrected chi connectivity index (χ2v) is 5.45. The van der Waals surface area contributed by atoms with Crippen LogP contribution in [0.5, 0.6) is 0 Å². The van der Waals surface area contributed by atoms with Gasteiger partial charge in [-0.1, -0.05) is 24.9 Å². The zero-order valence-electron chi connectivity index (χ0n) is 13.5. The first-order valence-electron chi connectivity index (χ1n) is 7.54. The number of guanidine groups is 1. The van der Waals surface area contributed by atoms with Crippen molar-refractivity contribution in [3.05, 3.63) is 34.9 Å². The van der Waals surface area contributed by atoms with Crippen molar-refractivity contribution in [3.63, 3.8) is 0 Å². The summed E-state index contributed by atoms with van der Waals surface area (Å²) in [5.41, 5.74) is 0.605. The number of nitrogens with one attached hydrogen (secondary N) is 2. The van der Waals surface area contributed by atoms with Gasteiger partial charge in [-0.05, 0) is 30.7 Å². The van der Waals surface area contributed by atoms with Crippen molar-refractivity contribution in [2.45, 2.75) is 19.8 Å². The summed E-state index contributed by atoms with van der Waals surface area (Å²) < 4.78 is 0. The summed E-state index contributed by atoms with van der Waals surface area (Å²) >= 11 is 5.80. The molecule has 1 rings (SSSR count). The van der Waals surface area contributed by atoms with Crippen LogP contribution in [0.1, 0.15) is 30.1 Å². The summed E-state index contributed by atoms with van der Waals surface area (Å²) in [7, 11) is 3.77. The Hall–Kier alpha value is -1.75. The van der Waals surface area contributed by atoms with Gasteiger partial charge in [0, 0.05) is 44.3 Å². The Kier molecular flexibility index (Phi) is 8.36. The molecule has 1 aromatic rings. The van der Waals surface area contributed by atoms with E-state index in [0.29, 0.717) is 23.7 Å². The molecule has 0 heterocycles. The Morgan fingerprint density at radius 1 is 1.23 bits per heavy atom. The average Bonchev–Trinajstić information content (AvgIpc) is 2.53. The van der Waals surface area contributed by atoms with Crippen molar-refractivity contribution < 1.29 is 4.79 Å². The van der Waals surface area contributed by atoms with Gasteiger partial charge >= 0.3 is 0 Å². The maximum absolute atomic E-state index is 11.9. The van der Waals surface area contributed by atoms with Crippen LogP contribution in [0, 0.1) is 0 Å². The van der Waals surface area contributed by atoms with Crippen LogP contribution in [0.4, 0.5) is 0 Å². The minimum absolute atomic E-state index is 0.104. The Labute approximate surface area is 137 Å². The number of hydrogen-bond acceptors (Lipinski definition) is 2. The van der Waals surface area contributed by atoms with E-state index in [-0.39, 0.29) is 5.91 Å². The van der Waals surface area contributed by atoms with Gasteiger partial charge in [-0.2, -0.15) is 0 Å². The van der Waals surface area contributed by atoms with Crippen molar-refractivity contribution in [1.82, 2.24) is 15.5 Å². The van der Waals surface area contributed by atoms with E-state index in [0.717, 1.165) is 25.3 Å². The van der Waals surface area contributed by atoms with Gasteiger partial charge in [0.25, 0.3) is 5.91 Å². The van der Waals surface area contributed by atoms with E-state index in [4.69, 9.17) is 11.6 Å².